The lowest BCUT2D eigenvalue weighted by Gasteiger charge is -2.16. The average Bonchev–Trinajstić information content (AvgIpc) is 3.29. The van der Waals surface area contributed by atoms with Crippen LogP contribution in [0.15, 0.2) is 36.5 Å². The summed E-state index contributed by atoms with van der Waals surface area (Å²) in [6, 6.07) is 7.48. The molecule has 1 atom stereocenters. The van der Waals surface area contributed by atoms with Gasteiger partial charge >= 0.3 is 12.1 Å². The minimum absolute atomic E-state index is 0.0116. The number of carbonyl (C=O) groups is 2. The Labute approximate surface area is 185 Å². The van der Waals surface area contributed by atoms with E-state index in [4.69, 9.17) is 16.3 Å². The normalized spacial score (nSPS) is 12.5. The fourth-order valence-corrected chi connectivity index (χ4v) is 3.21. The third kappa shape index (κ3) is 4.47. The minimum Gasteiger partial charge on any atom is -0.462 e. The molecule has 3 aromatic rings. The van der Waals surface area contributed by atoms with Crippen LogP contribution < -0.4 is 5.32 Å². The number of hydrogen-bond donors (Lipinski definition) is 1. The van der Waals surface area contributed by atoms with Gasteiger partial charge in [-0.3, -0.25) is 9.48 Å². The van der Waals surface area contributed by atoms with Crippen LogP contribution in [0.3, 0.4) is 0 Å². The van der Waals surface area contributed by atoms with Crippen molar-refractivity contribution in [2.45, 2.75) is 33.0 Å². The highest BCUT2D eigenvalue weighted by molar-refractivity contribution is 6.32. The molecule has 1 N–H and O–H groups in total. The Hall–Kier alpha value is -3.34. The van der Waals surface area contributed by atoms with Gasteiger partial charge in [-0.1, -0.05) is 29.8 Å². The zero-order valence-electron chi connectivity index (χ0n) is 17.3. The van der Waals surface area contributed by atoms with Crippen molar-refractivity contribution in [2.75, 3.05) is 11.9 Å². The number of rotatable bonds is 6. The Balaban J connectivity index is 1.98. The molecule has 2 heterocycles. The number of nitrogens with one attached hydrogen (secondary N) is 1. The summed E-state index contributed by atoms with van der Waals surface area (Å²) in [6.45, 7) is 4.42. The molecular weight excluding hydrogens is 451 g/mol. The van der Waals surface area contributed by atoms with E-state index in [9.17, 15) is 22.8 Å². The Bertz CT molecular complexity index is 1140. The maximum absolute atomic E-state index is 13.1. The van der Waals surface area contributed by atoms with Gasteiger partial charge in [0.25, 0.3) is 0 Å². The molecule has 2 aromatic heterocycles. The van der Waals surface area contributed by atoms with Crippen LogP contribution in [-0.4, -0.2) is 38.0 Å². The maximum Gasteiger partial charge on any atom is 0.436 e. The molecule has 3 rings (SSSR count). The van der Waals surface area contributed by atoms with E-state index in [1.807, 2.05) is 0 Å². The van der Waals surface area contributed by atoms with Crippen LogP contribution in [0.5, 0.6) is 0 Å². The van der Waals surface area contributed by atoms with Crippen LogP contribution >= 0.6 is 11.6 Å². The first-order valence-electron chi connectivity index (χ1n) is 9.49. The summed E-state index contributed by atoms with van der Waals surface area (Å²) < 4.78 is 46.6. The van der Waals surface area contributed by atoms with Gasteiger partial charge in [-0.05, 0) is 32.9 Å². The predicted octanol–water partition coefficient (Wildman–Crippen LogP) is 4.43. The van der Waals surface area contributed by atoms with Gasteiger partial charge in [0.15, 0.2) is 11.5 Å². The summed E-state index contributed by atoms with van der Waals surface area (Å²) >= 11 is 5.79. The number of anilines is 1. The first-order valence-corrected chi connectivity index (χ1v) is 9.87. The number of alkyl halides is 3. The van der Waals surface area contributed by atoms with E-state index in [1.165, 1.54) is 24.7 Å². The van der Waals surface area contributed by atoms with Crippen molar-refractivity contribution < 1.29 is 27.5 Å². The third-order valence-corrected chi connectivity index (χ3v) is 5.05. The van der Waals surface area contributed by atoms with Crippen LogP contribution in [-0.2, 0) is 15.7 Å². The van der Waals surface area contributed by atoms with Crippen molar-refractivity contribution in [2.24, 2.45) is 0 Å². The molecule has 32 heavy (non-hydrogen) atoms. The molecule has 0 radical (unpaired) electrons. The van der Waals surface area contributed by atoms with Gasteiger partial charge < -0.3 is 10.1 Å². The second-order valence-electron chi connectivity index (χ2n) is 6.73. The molecule has 1 amide bonds. The maximum atomic E-state index is 13.1. The van der Waals surface area contributed by atoms with E-state index >= 15 is 0 Å². The average molecular weight is 470 g/mol. The van der Waals surface area contributed by atoms with Gasteiger partial charge in [0.1, 0.15) is 11.6 Å². The van der Waals surface area contributed by atoms with Gasteiger partial charge in [0.05, 0.1) is 29.2 Å². The number of nitrogens with zero attached hydrogens (tertiary/aromatic N) is 4. The molecule has 1 unspecified atom stereocenters. The second kappa shape index (κ2) is 9.03. The fraction of sp³-hybridized carbons (Fsp3) is 0.300. The molecule has 0 saturated carbocycles. The largest absolute Gasteiger partial charge is 0.462 e. The smallest absolute Gasteiger partial charge is 0.436 e. The van der Waals surface area contributed by atoms with E-state index in [2.05, 4.69) is 15.5 Å². The van der Waals surface area contributed by atoms with Crippen LogP contribution in [0.25, 0.3) is 5.69 Å². The van der Waals surface area contributed by atoms with Crippen molar-refractivity contribution in [1.29, 1.82) is 0 Å². The lowest BCUT2D eigenvalue weighted by molar-refractivity contribution is -0.141. The number of para-hydroxylation sites is 1. The van der Waals surface area contributed by atoms with E-state index in [1.54, 1.807) is 37.3 Å². The summed E-state index contributed by atoms with van der Waals surface area (Å²) in [7, 11) is 0. The molecule has 8 nitrogen and oxygen atoms in total. The number of amides is 1. The molecular formula is C20H19ClF3N5O3. The predicted molar refractivity (Wildman–Crippen MR) is 110 cm³/mol. The van der Waals surface area contributed by atoms with Crippen molar-refractivity contribution in [1.82, 2.24) is 19.6 Å². The monoisotopic (exact) mass is 469 g/mol. The molecule has 1 aromatic carbocycles. The minimum atomic E-state index is -4.77. The topological polar surface area (TPSA) is 91.0 Å². The standard InChI is InChI=1S/C20H19ClF3N5O3/c1-4-32-19(31)14-10-25-29(13-8-6-5-7-9-13)17(14)26-18(30)12(3)28-11(2)15(21)16(27-28)20(22,23)24/h5-10,12H,4H2,1-3H3,(H,26,30). The SMILES string of the molecule is CCOC(=O)c1cnn(-c2ccccc2)c1NC(=O)C(C)n1nc(C(F)(F)F)c(Cl)c1C. The molecule has 0 aliphatic carbocycles. The van der Waals surface area contributed by atoms with Crippen LogP contribution in [0.2, 0.25) is 5.02 Å². The van der Waals surface area contributed by atoms with Crippen molar-refractivity contribution in [3.63, 3.8) is 0 Å². The van der Waals surface area contributed by atoms with Crippen molar-refractivity contribution in [3.8, 4) is 5.69 Å². The Morgan fingerprint density at radius 2 is 1.91 bits per heavy atom. The Morgan fingerprint density at radius 3 is 2.47 bits per heavy atom. The number of carbonyl (C=O) groups excluding carboxylic acids is 2. The van der Waals surface area contributed by atoms with Crippen molar-refractivity contribution in [3.05, 3.63) is 58.5 Å². The third-order valence-electron chi connectivity index (χ3n) is 4.60. The summed E-state index contributed by atoms with van der Waals surface area (Å²) in [4.78, 5) is 25.3. The lowest BCUT2D eigenvalue weighted by Crippen LogP contribution is -2.27. The zero-order chi connectivity index (χ0) is 23.6. The quantitative estimate of drug-likeness (QED) is 0.539. The highest BCUT2D eigenvalue weighted by Gasteiger charge is 2.39. The van der Waals surface area contributed by atoms with Crippen molar-refractivity contribution >= 4 is 29.3 Å². The number of aromatic nitrogens is 4. The number of esters is 1. The molecule has 0 aliphatic rings. The van der Waals surface area contributed by atoms with Gasteiger partial charge in [-0.15, -0.1) is 0 Å². The first kappa shape index (κ1) is 23.3. The highest BCUT2D eigenvalue weighted by Crippen LogP contribution is 2.36. The molecule has 0 bridgehead atoms. The summed E-state index contributed by atoms with van der Waals surface area (Å²) in [5, 5.41) is 9.62. The molecule has 12 heteroatoms. The molecule has 0 aliphatic heterocycles. The van der Waals surface area contributed by atoms with E-state index < -0.39 is 34.8 Å². The highest BCUT2D eigenvalue weighted by atomic mass is 35.5. The molecule has 0 spiro atoms. The molecule has 0 fully saturated rings. The number of ether oxygens (including phenoxy) is 1. The van der Waals surface area contributed by atoms with Crippen LogP contribution in [0.4, 0.5) is 19.0 Å². The zero-order valence-corrected chi connectivity index (χ0v) is 18.0. The summed E-state index contributed by atoms with van der Waals surface area (Å²) in [5.74, 6) is -1.43. The first-order chi connectivity index (χ1) is 15.1. The Morgan fingerprint density at radius 1 is 1.25 bits per heavy atom. The van der Waals surface area contributed by atoms with Gasteiger partial charge in [-0.25, -0.2) is 9.48 Å². The fourth-order valence-electron chi connectivity index (χ4n) is 2.98. The van der Waals surface area contributed by atoms with Gasteiger partial charge in [0, 0.05) is 0 Å². The summed E-state index contributed by atoms with van der Waals surface area (Å²) in [5.41, 5.74) is -0.771. The van der Waals surface area contributed by atoms with E-state index in [0.717, 1.165) is 4.68 Å². The number of hydrogen-bond acceptors (Lipinski definition) is 5. The van der Waals surface area contributed by atoms with E-state index in [-0.39, 0.29) is 23.7 Å². The number of benzene rings is 1. The van der Waals surface area contributed by atoms with E-state index in [0.29, 0.717) is 5.69 Å². The lowest BCUT2D eigenvalue weighted by atomic mass is 10.2. The van der Waals surface area contributed by atoms with Crippen LogP contribution in [0, 0.1) is 6.92 Å². The van der Waals surface area contributed by atoms with Gasteiger partial charge in [-0.2, -0.15) is 23.4 Å². The summed E-state index contributed by atoms with van der Waals surface area (Å²) in [6.07, 6.45) is -3.53. The second-order valence-corrected chi connectivity index (χ2v) is 7.11. The number of halogens is 4. The Kier molecular flexibility index (Phi) is 6.58. The van der Waals surface area contributed by atoms with Crippen LogP contribution in [0.1, 0.15) is 41.6 Å². The molecule has 0 saturated heterocycles. The van der Waals surface area contributed by atoms with Gasteiger partial charge in [0.2, 0.25) is 5.91 Å². The molecule has 170 valence electrons.